The molecule has 0 aliphatic heterocycles. The number of hydrogen-bond donors (Lipinski definition) is 1. The van der Waals surface area contributed by atoms with E-state index >= 15 is 0 Å². The molecule has 0 aliphatic rings. The number of primary amides is 1. The Hall–Kier alpha value is -0.530. The molecule has 0 saturated carbocycles. The molecule has 0 aromatic carbocycles. The van der Waals surface area contributed by atoms with Crippen LogP contribution in [0.5, 0.6) is 0 Å². The van der Waals surface area contributed by atoms with Gasteiger partial charge in [0.05, 0.1) is 0 Å². The summed E-state index contributed by atoms with van der Waals surface area (Å²) in [5.74, 6) is -0.250. The molecule has 0 spiro atoms. The molecular formula is C14H31NO. The van der Waals surface area contributed by atoms with Gasteiger partial charge in [0.15, 0.2) is 0 Å². The molecule has 16 heavy (non-hydrogen) atoms. The fourth-order valence-corrected chi connectivity index (χ4v) is 1.21. The second kappa shape index (κ2) is 14.5. The molecule has 2 nitrogen and oxygen atoms in total. The lowest BCUT2D eigenvalue weighted by Gasteiger charge is -1.97. The van der Waals surface area contributed by atoms with E-state index < -0.39 is 0 Å². The van der Waals surface area contributed by atoms with E-state index in [4.69, 9.17) is 5.73 Å². The zero-order valence-electron chi connectivity index (χ0n) is 11.7. The summed E-state index contributed by atoms with van der Waals surface area (Å²) < 4.78 is 0. The lowest BCUT2D eigenvalue weighted by Crippen LogP contribution is -2.17. The van der Waals surface area contributed by atoms with Gasteiger partial charge in [0, 0.05) is 5.92 Å². The van der Waals surface area contributed by atoms with Crippen LogP contribution in [0.15, 0.2) is 0 Å². The van der Waals surface area contributed by atoms with Gasteiger partial charge in [-0.1, -0.05) is 79.1 Å². The van der Waals surface area contributed by atoms with Gasteiger partial charge in [-0.3, -0.25) is 4.79 Å². The van der Waals surface area contributed by atoms with E-state index in [-0.39, 0.29) is 11.8 Å². The Morgan fingerprint density at radius 2 is 1.12 bits per heavy atom. The van der Waals surface area contributed by atoms with Crippen molar-refractivity contribution in [3.8, 4) is 0 Å². The lowest BCUT2D eigenvalue weighted by atomic mass is 10.1. The zero-order chi connectivity index (χ0) is 12.8. The zero-order valence-corrected chi connectivity index (χ0v) is 11.7. The van der Waals surface area contributed by atoms with Crippen LogP contribution < -0.4 is 5.73 Å². The minimum absolute atomic E-state index is 0.00926. The molecular weight excluding hydrogens is 198 g/mol. The van der Waals surface area contributed by atoms with Crippen LogP contribution in [0, 0.1) is 5.92 Å². The Bertz CT molecular complexity index is 136. The predicted octanol–water partition coefficient (Wildman–Crippen LogP) is 4.27. The molecule has 0 aromatic heterocycles. The molecule has 0 rings (SSSR count). The minimum Gasteiger partial charge on any atom is -0.369 e. The molecule has 0 bridgehead atoms. The molecule has 0 aromatic rings. The predicted molar refractivity (Wildman–Crippen MR) is 72.3 cm³/mol. The van der Waals surface area contributed by atoms with Crippen LogP contribution in [0.2, 0.25) is 0 Å². The van der Waals surface area contributed by atoms with Gasteiger partial charge in [-0.15, -0.1) is 0 Å². The average Bonchev–Trinajstić information content (AvgIpc) is 2.24. The normalized spacial score (nSPS) is 9.81. The fraction of sp³-hybridized carbons (Fsp3) is 0.929. The highest BCUT2D eigenvalue weighted by molar-refractivity contribution is 5.75. The van der Waals surface area contributed by atoms with Crippen LogP contribution >= 0.6 is 0 Å². The number of carbonyl (C=O) groups is 1. The largest absolute Gasteiger partial charge is 0.369 e. The maximum absolute atomic E-state index is 9.92. The van der Waals surface area contributed by atoms with Crippen molar-refractivity contribution in [3.05, 3.63) is 0 Å². The second-order valence-corrected chi connectivity index (χ2v) is 4.68. The van der Waals surface area contributed by atoms with Gasteiger partial charge >= 0.3 is 0 Å². The molecule has 0 saturated heterocycles. The van der Waals surface area contributed by atoms with Gasteiger partial charge in [0.1, 0.15) is 0 Å². The van der Waals surface area contributed by atoms with Crippen molar-refractivity contribution in [2.24, 2.45) is 11.7 Å². The molecule has 98 valence electrons. The Balaban J connectivity index is 0. The molecule has 1 amide bonds. The fourth-order valence-electron chi connectivity index (χ4n) is 1.21. The molecule has 0 atom stereocenters. The van der Waals surface area contributed by atoms with E-state index in [1.165, 1.54) is 51.4 Å². The maximum Gasteiger partial charge on any atom is 0.219 e. The number of carbonyl (C=O) groups excluding carboxylic acids is 1. The Morgan fingerprint density at radius 1 is 0.875 bits per heavy atom. The number of rotatable bonds is 8. The Kier molecular flexibility index (Phi) is 16.1. The summed E-state index contributed by atoms with van der Waals surface area (Å²) in [5.41, 5.74) is 4.80. The van der Waals surface area contributed by atoms with E-state index in [0.29, 0.717) is 0 Å². The second-order valence-electron chi connectivity index (χ2n) is 4.68. The van der Waals surface area contributed by atoms with Crippen LogP contribution in [0.4, 0.5) is 0 Å². The van der Waals surface area contributed by atoms with Crippen molar-refractivity contribution < 1.29 is 4.79 Å². The van der Waals surface area contributed by atoms with Crippen LogP contribution in [-0.4, -0.2) is 5.91 Å². The van der Waals surface area contributed by atoms with Crippen molar-refractivity contribution in [2.75, 3.05) is 0 Å². The number of nitrogens with two attached hydrogens (primary N) is 1. The summed E-state index contributed by atoms with van der Waals surface area (Å²) >= 11 is 0. The molecule has 0 aliphatic carbocycles. The topological polar surface area (TPSA) is 43.1 Å². The van der Waals surface area contributed by atoms with E-state index in [0.717, 1.165) is 0 Å². The Morgan fingerprint density at radius 3 is 1.31 bits per heavy atom. The highest BCUT2D eigenvalue weighted by Crippen LogP contribution is 2.07. The van der Waals surface area contributed by atoms with Gasteiger partial charge in [-0.05, 0) is 0 Å². The van der Waals surface area contributed by atoms with Crippen molar-refractivity contribution in [1.82, 2.24) is 0 Å². The standard InChI is InChI=1S/C10H22.C4H9NO/c1-3-5-7-9-10-8-6-4-2;1-3(2)4(5)6/h3-10H2,1-2H3;3H,1-2H3,(H2,5,6). The highest BCUT2D eigenvalue weighted by Gasteiger charge is 1.96. The lowest BCUT2D eigenvalue weighted by molar-refractivity contribution is -0.120. The third kappa shape index (κ3) is 19.1. The molecule has 0 heterocycles. The summed E-state index contributed by atoms with van der Waals surface area (Å²) in [6.45, 7) is 8.07. The monoisotopic (exact) mass is 229 g/mol. The molecule has 0 unspecified atom stereocenters. The third-order valence-corrected chi connectivity index (χ3v) is 2.53. The Labute approximate surface area is 102 Å². The number of unbranched alkanes of at least 4 members (excludes halogenated alkanes) is 7. The number of amides is 1. The van der Waals surface area contributed by atoms with E-state index in [2.05, 4.69) is 13.8 Å². The van der Waals surface area contributed by atoms with Gasteiger partial charge in [-0.2, -0.15) is 0 Å². The first-order valence-electron chi connectivity index (χ1n) is 6.85. The quantitative estimate of drug-likeness (QED) is 0.620. The van der Waals surface area contributed by atoms with Crippen molar-refractivity contribution in [1.29, 1.82) is 0 Å². The summed E-state index contributed by atoms with van der Waals surface area (Å²) in [6, 6.07) is 0. The van der Waals surface area contributed by atoms with Crippen LogP contribution in [-0.2, 0) is 4.79 Å². The van der Waals surface area contributed by atoms with Gasteiger partial charge in [0.25, 0.3) is 0 Å². The first-order chi connectivity index (χ1) is 7.56. The van der Waals surface area contributed by atoms with Crippen LogP contribution in [0.25, 0.3) is 0 Å². The van der Waals surface area contributed by atoms with Gasteiger partial charge in [-0.25, -0.2) is 0 Å². The summed E-state index contributed by atoms with van der Waals surface area (Å²) in [5, 5.41) is 0. The maximum atomic E-state index is 9.92. The van der Waals surface area contributed by atoms with E-state index in [1.807, 2.05) is 0 Å². The summed E-state index contributed by atoms with van der Waals surface area (Å²) in [7, 11) is 0. The summed E-state index contributed by atoms with van der Waals surface area (Å²) in [4.78, 5) is 9.92. The SMILES string of the molecule is CC(C)C(N)=O.CCCCCCCCCC. The summed E-state index contributed by atoms with van der Waals surface area (Å²) in [6.07, 6.45) is 11.5. The molecule has 2 N–H and O–H groups in total. The first kappa shape index (κ1) is 17.9. The molecule has 0 radical (unpaired) electrons. The van der Waals surface area contributed by atoms with Crippen molar-refractivity contribution >= 4 is 5.91 Å². The molecule has 2 heteroatoms. The average molecular weight is 229 g/mol. The van der Waals surface area contributed by atoms with Crippen LogP contribution in [0.3, 0.4) is 0 Å². The first-order valence-corrected chi connectivity index (χ1v) is 6.85. The smallest absolute Gasteiger partial charge is 0.219 e. The molecule has 0 fully saturated rings. The highest BCUT2D eigenvalue weighted by atomic mass is 16.1. The van der Waals surface area contributed by atoms with Crippen molar-refractivity contribution in [2.45, 2.75) is 79.1 Å². The van der Waals surface area contributed by atoms with E-state index in [9.17, 15) is 4.79 Å². The van der Waals surface area contributed by atoms with Crippen molar-refractivity contribution in [3.63, 3.8) is 0 Å². The van der Waals surface area contributed by atoms with Gasteiger partial charge in [0.2, 0.25) is 5.91 Å². The third-order valence-electron chi connectivity index (χ3n) is 2.53. The minimum atomic E-state index is -0.241. The van der Waals surface area contributed by atoms with Crippen LogP contribution in [0.1, 0.15) is 79.1 Å². The van der Waals surface area contributed by atoms with E-state index in [1.54, 1.807) is 13.8 Å². The number of hydrogen-bond acceptors (Lipinski definition) is 1. The van der Waals surface area contributed by atoms with Gasteiger partial charge < -0.3 is 5.73 Å².